The minimum absolute atomic E-state index is 0.0486. The summed E-state index contributed by atoms with van der Waals surface area (Å²) in [6.07, 6.45) is 0.581. The van der Waals surface area contributed by atoms with Crippen LogP contribution in [0.3, 0.4) is 0 Å². The van der Waals surface area contributed by atoms with Gasteiger partial charge in [-0.25, -0.2) is 0 Å². The Morgan fingerprint density at radius 2 is 2.42 bits per heavy atom. The number of aldehydes is 1. The molecule has 0 saturated heterocycles. The van der Waals surface area contributed by atoms with Gasteiger partial charge < -0.3 is 4.74 Å². The van der Waals surface area contributed by atoms with Crippen molar-refractivity contribution in [2.45, 2.75) is 6.92 Å². The Hall–Kier alpha value is -1.45. The molecular weight excluding hydrogens is 161 g/mol. The molecule has 0 unspecified atom stereocenters. The average molecular weight is 169 g/mol. The van der Waals surface area contributed by atoms with Gasteiger partial charge in [-0.2, -0.15) is 9.37 Å². The predicted molar refractivity (Wildman–Crippen MR) is 40.8 cm³/mol. The molecule has 1 rings (SSSR count). The van der Waals surface area contributed by atoms with E-state index in [1.807, 2.05) is 0 Å². The SMILES string of the molecule is CCOc1nc(F)ccc1C=O. The quantitative estimate of drug-likeness (QED) is 0.507. The fourth-order valence-electron chi connectivity index (χ4n) is 0.771. The summed E-state index contributed by atoms with van der Waals surface area (Å²) in [4.78, 5) is 13.8. The zero-order valence-electron chi connectivity index (χ0n) is 6.58. The van der Waals surface area contributed by atoms with Crippen LogP contribution in [-0.4, -0.2) is 17.9 Å². The lowest BCUT2D eigenvalue weighted by Gasteiger charge is -2.03. The van der Waals surface area contributed by atoms with E-state index in [1.165, 1.54) is 6.07 Å². The second-order valence-corrected chi connectivity index (χ2v) is 2.08. The lowest BCUT2D eigenvalue weighted by atomic mass is 10.3. The van der Waals surface area contributed by atoms with E-state index in [0.717, 1.165) is 6.07 Å². The first-order chi connectivity index (χ1) is 5.77. The minimum Gasteiger partial charge on any atom is -0.477 e. The standard InChI is InChI=1S/C8H8FNO2/c1-2-12-8-6(5-11)3-4-7(9)10-8/h3-5H,2H2,1H3. The van der Waals surface area contributed by atoms with Gasteiger partial charge >= 0.3 is 0 Å². The topological polar surface area (TPSA) is 39.2 Å². The number of halogens is 1. The normalized spacial score (nSPS) is 9.50. The summed E-state index contributed by atoms with van der Waals surface area (Å²) in [5, 5.41) is 0. The molecule has 0 aliphatic carbocycles. The number of aromatic nitrogens is 1. The molecular formula is C8H8FNO2. The van der Waals surface area contributed by atoms with E-state index in [9.17, 15) is 9.18 Å². The number of carbonyl (C=O) groups is 1. The highest BCUT2D eigenvalue weighted by molar-refractivity contribution is 5.77. The molecule has 1 heterocycles. The van der Waals surface area contributed by atoms with Gasteiger partial charge in [-0.05, 0) is 19.1 Å². The molecule has 12 heavy (non-hydrogen) atoms. The Bertz CT molecular complexity index is 288. The second kappa shape index (κ2) is 3.80. The molecule has 4 heteroatoms. The van der Waals surface area contributed by atoms with Gasteiger partial charge in [0.2, 0.25) is 11.8 Å². The Morgan fingerprint density at radius 3 is 3.00 bits per heavy atom. The number of nitrogens with zero attached hydrogens (tertiary/aromatic N) is 1. The first-order valence-electron chi connectivity index (χ1n) is 3.52. The molecule has 0 spiro atoms. The third-order valence-electron chi connectivity index (χ3n) is 1.26. The summed E-state index contributed by atoms with van der Waals surface area (Å²) < 4.78 is 17.4. The highest BCUT2D eigenvalue weighted by Gasteiger charge is 2.04. The average Bonchev–Trinajstić information content (AvgIpc) is 2.05. The lowest BCUT2D eigenvalue weighted by Crippen LogP contribution is -1.99. The van der Waals surface area contributed by atoms with Crippen molar-refractivity contribution in [2.24, 2.45) is 0 Å². The molecule has 0 aliphatic heterocycles. The summed E-state index contributed by atoms with van der Waals surface area (Å²) in [6.45, 7) is 2.10. The number of hydrogen-bond donors (Lipinski definition) is 0. The van der Waals surface area contributed by atoms with Gasteiger partial charge in [0.1, 0.15) is 0 Å². The maximum Gasteiger partial charge on any atom is 0.226 e. The van der Waals surface area contributed by atoms with Gasteiger partial charge in [0.25, 0.3) is 0 Å². The zero-order chi connectivity index (χ0) is 8.97. The van der Waals surface area contributed by atoms with E-state index >= 15 is 0 Å². The van der Waals surface area contributed by atoms with E-state index in [0.29, 0.717) is 12.9 Å². The molecule has 3 nitrogen and oxygen atoms in total. The van der Waals surface area contributed by atoms with Crippen LogP contribution < -0.4 is 4.74 Å². The number of rotatable bonds is 3. The smallest absolute Gasteiger partial charge is 0.226 e. The summed E-state index contributed by atoms with van der Waals surface area (Å²) in [5.41, 5.74) is 0.262. The number of carbonyl (C=O) groups excluding carboxylic acids is 1. The van der Waals surface area contributed by atoms with Crippen LogP contribution in [-0.2, 0) is 0 Å². The van der Waals surface area contributed by atoms with Gasteiger partial charge in [-0.3, -0.25) is 4.79 Å². The highest BCUT2D eigenvalue weighted by atomic mass is 19.1. The summed E-state index contributed by atoms with van der Waals surface area (Å²) in [6, 6.07) is 2.45. The molecule has 0 N–H and O–H groups in total. The number of pyridine rings is 1. The van der Waals surface area contributed by atoms with Crippen molar-refractivity contribution >= 4 is 6.29 Å². The monoisotopic (exact) mass is 169 g/mol. The van der Waals surface area contributed by atoms with Crippen molar-refractivity contribution in [1.29, 1.82) is 0 Å². The Kier molecular flexibility index (Phi) is 2.74. The van der Waals surface area contributed by atoms with Gasteiger partial charge in [-0.1, -0.05) is 0 Å². The summed E-state index contributed by atoms with van der Waals surface area (Å²) in [5.74, 6) is -0.600. The molecule has 64 valence electrons. The predicted octanol–water partition coefficient (Wildman–Crippen LogP) is 1.43. The van der Waals surface area contributed by atoms with Crippen LogP contribution in [0.4, 0.5) is 4.39 Å². The number of ether oxygens (including phenoxy) is 1. The van der Waals surface area contributed by atoms with Gasteiger partial charge in [0, 0.05) is 0 Å². The molecule has 0 radical (unpaired) electrons. The first kappa shape index (κ1) is 8.64. The van der Waals surface area contributed by atoms with Gasteiger partial charge in [-0.15, -0.1) is 0 Å². The van der Waals surface area contributed by atoms with Crippen LogP contribution >= 0.6 is 0 Å². The van der Waals surface area contributed by atoms with Crippen molar-refractivity contribution in [3.63, 3.8) is 0 Å². The third-order valence-corrected chi connectivity index (χ3v) is 1.26. The van der Waals surface area contributed by atoms with Crippen molar-refractivity contribution in [1.82, 2.24) is 4.98 Å². The molecule has 0 amide bonds. The maximum atomic E-state index is 12.5. The van der Waals surface area contributed by atoms with Crippen LogP contribution in [0.25, 0.3) is 0 Å². The maximum absolute atomic E-state index is 12.5. The number of hydrogen-bond acceptors (Lipinski definition) is 3. The Balaban J connectivity index is 3.03. The van der Waals surface area contributed by atoms with E-state index in [2.05, 4.69) is 4.98 Å². The van der Waals surface area contributed by atoms with Gasteiger partial charge in [0.15, 0.2) is 6.29 Å². The summed E-state index contributed by atoms with van der Waals surface area (Å²) in [7, 11) is 0. The van der Waals surface area contributed by atoms with E-state index in [-0.39, 0.29) is 11.4 Å². The fraction of sp³-hybridized carbons (Fsp3) is 0.250. The Morgan fingerprint density at radius 1 is 1.67 bits per heavy atom. The molecule has 1 aromatic heterocycles. The fourth-order valence-corrected chi connectivity index (χ4v) is 0.771. The first-order valence-corrected chi connectivity index (χ1v) is 3.52. The third kappa shape index (κ3) is 1.78. The second-order valence-electron chi connectivity index (χ2n) is 2.08. The molecule has 1 aromatic rings. The van der Waals surface area contributed by atoms with Crippen molar-refractivity contribution in [3.8, 4) is 5.88 Å². The van der Waals surface area contributed by atoms with Crippen molar-refractivity contribution in [2.75, 3.05) is 6.61 Å². The lowest BCUT2D eigenvalue weighted by molar-refractivity contribution is 0.111. The largest absolute Gasteiger partial charge is 0.477 e. The Labute approximate surface area is 69.2 Å². The van der Waals surface area contributed by atoms with Crippen molar-refractivity contribution in [3.05, 3.63) is 23.6 Å². The highest BCUT2D eigenvalue weighted by Crippen LogP contribution is 2.12. The molecule has 0 fully saturated rings. The van der Waals surface area contributed by atoms with Crippen LogP contribution in [0.15, 0.2) is 12.1 Å². The van der Waals surface area contributed by atoms with Crippen LogP contribution in [0.5, 0.6) is 5.88 Å². The molecule has 0 saturated carbocycles. The van der Waals surface area contributed by atoms with Crippen LogP contribution in [0.2, 0.25) is 0 Å². The molecule has 0 atom stereocenters. The van der Waals surface area contributed by atoms with Gasteiger partial charge in [0.05, 0.1) is 12.2 Å². The van der Waals surface area contributed by atoms with E-state index in [4.69, 9.17) is 4.74 Å². The molecule has 0 bridgehead atoms. The van der Waals surface area contributed by atoms with E-state index < -0.39 is 5.95 Å². The van der Waals surface area contributed by atoms with Crippen LogP contribution in [0.1, 0.15) is 17.3 Å². The van der Waals surface area contributed by atoms with Crippen molar-refractivity contribution < 1.29 is 13.9 Å². The molecule has 0 aromatic carbocycles. The molecule has 0 aliphatic rings. The zero-order valence-corrected chi connectivity index (χ0v) is 6.58. The van der Waals surface area contributed by atoms with Crippen LogP contribution in [0, 0.1) is 5.95 Å². The minimum atomic E-state index is -0.649. The van der Waals surface area contributed by atoms with E-state index in [1.54, 1.807) is 6.92 Å². The summed E-state index contributed by atoms with van der Waals surface area (Å²) >= 11 is 0.